The summed E-state index contributed by atoms with van der Waals surface area (Å²) < 4.78 is 12.5. The van der Waals surface area contributed by atoms with E-state index >= 15 is 0 Å². The molecule has 0 unspecified atom stereocenters. The van der Waals surface area contributed by atoms with Crippen molar-refractivity contribution in [3.05, 3.63) is 0 Å². The van der Waals surface area contributed by atoms with Gasteiger partial charge in [-0.15, -0.1) is 0 Å². The zero-order chi connectivity index (χ0) is 15.4. The summed E-state index contributed by atoms with van der Waals surface area (Å²) in [7, 11) is 0. The molecule has 0 radical (unpaired) electrons. The van der Waals surface area contributed by atoms with Gasteiger partial charge in [0.15, 0.2) is 0 Å². The number of rotatable bonds is 4. The molecule has 0 aromatic carbocycles. The molecule has 0 N–H and O–H groups in total. The van der Waals surface area contributed by atoms with Gasteiger partial charge in [-0.3, -0.25) is 4.39 Å². The standard InChI is InChI=1S/C21H37F/c1-16-2-6-18(7-3-16)20-10-12-21(13-11-20)19-8-4-17(5-9-19)14-15-22/h16-21H,2-15H2,1H3. The van der Waals surface area contributed by atoms with Crippen molar-refractivity contribution in [1.82, 2.24) is 0 Å². The maximum Gasteiger partial charge on any atom is 0.0897 e. The summed E-state index contributed by atoms with van der Waals surface area (Å²) in [5, 5.41) is 0. The van der Waals surface area contributed by atoms with Gasteiger partial charge in [-0.05, 0) is 93.3 Å². The molecular formula is C21H37F. The van der Waals surface area contributed by atoms with Gasteiger partial charge in [-0.25, -0.2) is 0 Å². The fraction of sp³-hybridized carbons (Fsp3) is 1.00. The number of halogens is 1. The summed E-state index contributed by atoms with van der Waals surface area (Å²) in [6, 6.07) is 0. The van der Waals surface area contributed by atoms with E-state index in [1.54, 1.807) is 0 Å². The Labute approximate surface area is 137 Å². The Hall–Kier alpha value is -0.0700. The Balaban J connectivity index is 1.39. The summed E-state index contributed by atoms with van der Waals surface area (Å²) in [4.78, 5) is 0. The Morgan fingerprint density at radius 2 is 0.955 bits per heavy atom. The average Bonchev–Trinajstić information content (AvgIpc) is 2.57. The molecular weight excluding hydrogens is 271 g/mol. The van der Waals surface area contributed by atoms with Crippen LogP contribution in [0.25, 0.3) is 0 Å². The monoisotopic (exact) mass is 308 g/mol. The molecule has 0 heterocycles. The van der Waals surface area contributed by atoms with Gasteiger partial charge in [0.2, 0.25) is 0 Å². The van der Waals surface area contributed by atoms with E-state index in [1.165, 1.54) is 77.0 Å². The zero-order valence-electron chi connectivity index (χ0n) is 14.7. The van der Waals surface area contributed by atoms with Gasteiger partial charge in [0.05, 0.1) is 6.67 Å². The van der Waals surface area contributed by atoms with Gasteiger partial charge < -0.3 is 0 Å². The van der Waals surface area contributed by atoms with Crippen molar-refractivity contribution in [2.75, 3.05) is 6.67 Å². The lowest BCUT2D eigenvalue weighted by Crippen LogP contribution is -2.29. The molecule has 3 aliphatic rings. The molecule has 0 aromatic rings. The van der Waals surface area contributed by atoms with Crippen LogP contribution in [0.2, 0.25) is 0 Å². The molecule has 3 aliphatic carbocycles. The van der Waals surface area contributed by atoms with E-state index in [2.05, 4.69) is 6.92 Å². The van der Waals surface area contributed by atoms with Crippen molar-refractivity contribution < 1.29 is 4.39 Å². The molecule has 0 atom stereocenters. The van der Waals surface area contributed by atoms with E-state index in [1.807, 2.05) is 0 Å². The quantitative estimate of drug-likeness (QED) is 0.536. The van der Waals surface area contributed by atoms with Crippen LogP contribution in [0.3, 0.4) is 0 Å². The highest BCUT2D eigenvalue weighted by Crippen LogP contribution is 2.46. The summed E-state index contributed by atoms with van der Waals surface area (Å²) in [6.45, 7) is 2.34. The van der Waals surface area contributed by atoms with E-state index in [9.17, 15) is 4.39 Å². The highest BCUT2D eigenvalue weighted by atomic mass is 19.1. The molecule has 3 fully saturated rings. The number of alkyl halides is 1. The third-order valence-electron chi connectivity index (χ3n) is 7.62. The maximum absolute atomic E-state index is 12.5. The van der Waals surface area contributed by atoms with Crippen LogP contribution < -0.4 is 0 Å². The highest BCUT2D eigenvalue weighted by Gasteiger charge is 2.34. The van der Waals surface area contributed by atoms with Crippen LogP contribution in [-0.2, 0) is 0 Å². The number of hydrogen-bond donors (Lipinski definition) is 0. The Bertz CT molecular complexity index is 302. The van der Waals surface area contributed by atoms with Crippen molar-refractivity contribution >= 4 is 0 Å². The van der Waals surface area contributed by atoms with Gasteiger partial charge in [0.25, 0.3) is 0 Å². The second kappa shape index (κ2) is 8.15. The summed E-state index contributed by atoms with van der Waals surface area (Å²) in [5.74, 6) is 5.84. The van der Waals surface area contributed by atoms with E-state index in [0.717, 1.165) is 36.0 Å². The Morgan fingerprint density at radius 3 is 1.36 bits per heavy atom. The second-order valence-electron chi connectivity index (χ2n) is 8.95. The van der Waals surface area contributed by atoms with Crippen LogP contribution >= 0.6 is 0 Å². The molecule has 0 saturated heterocycles. The first kappa shape index (κ1) is 16.8. The molecule has 0 aliphatic heterocycles. The van der Waals surface area contributed by atoms with Gasteiger partial charge >= 0.3 is 0 Å². The molecule has 1 heteroatoms. The van der Waals surface area contributed by atoms with Gasteiger partial charge in [-0.1, -0.05) is 32.6 Å². The minimum Gasteiger partial charge on any atom is -0.251 e. The predicted octanol–water partition coefficient (Wildman–Crippen LogP) is 6.79. The molecule has 0 nitrogen and oxygen atoms in total. The van der Waals surface area contributed by atoms with Crippen molar-refractivity contribution in [2.24, 2.45) is 35.5 Å². The third-order valence-corrected chi connectivity index (χ3v) is 7.62. The molecule has 0 amide bonds. The largest absolute Gasteiger partial charge is 0.251 e. The summed E-state index contributed by atoms with van der Waals surface area (Å²) >= 11 is 0. The first-order valence-electron chi connectivity index (χ1n) is 10.3. The molecule has 3 rings (SSSR count). The first-order valence-corrected chi connectivity index (χ1v) is 10.3. The molecule has 22 heavy (non-hydrogen) atoms. The van der Waals surface area contributed by atoms with Crippen LogP contribution in [0.15, 0.2) is 0 Å². The van der Waals surface area contributed by atoms with E-state index < -0.39 is 0 Å². The molecule has 0 aromatic heterocycles. The minimum absolute atomic E-state index is 0.0968. The minimum atomic E-state index is -0.0968. The second-order valence-corrected chi connectivity index (χ2v) is 8.95. The lowest BCUT2D eigenvalue weighted by molar-refractivity contribution is 0.104. The predicted molar refractivity (Wildman–Crippen MR) is 92.6 cm³/mol. The van der Waals surface area contributed by atoms with Crippen LogP contribution in [0.1, 0.15) is 90.4 Å². The average molecular weight is 309 g/mol. The molecule has 128 valence electrons. The molecule has 0 bridgehead atoms. The third kappa shape index (κ3) is 4.26. The molecule has 3 saturated carbocycles. The SMILES string of the molecule is CC1CCC(C2CCC(C3CCC(CCF)CC3)CC2)CC1. The smallest absolute Gasteiger partial charge is 0.0897 e. The molecule has 0 spiro atoms. The fourth-order valence-electron chi connectivity index (χ4n) is 5.95. The summed E-state index contributed by atoms with van der Waals surface area (Å²) in [6.07, 6.45) is 18.3. The first-order chi connectivity index (χ1) is 10.8. The van der Waals surface area contributed by atoms with Crippen LogP contribution in [0.5, 0.6) is 0 Å². The van der Waals surface area contributed by atoms with E-state index in [-0.39, 0.29) is 6.67 Å². The van der Waals surface area contributed by atoms with Gasteiger partial charge in [0.1, 0.15) is 0 Å². The van der Waals surface area contributed by atoms with E-state index in [4.69, 9.17) is 0 Å². The normalized spacial score (nSPS) is 43.9. The van der Waals surface area contributed by atoms with Crippen molar-refractivity contribution in [1.29, 1.82) is 0 Å². The zero-order valence-corrected chi connectivity index (χ0v) is 14.7. The Morgan fingerprint density at radius 1 is 0.591 bits per heavy atom. The highest BCUT2D eigenvalue weighted by molar-refractivity contribution is 4.85. The van der Waals surface area contributed by atoms with Crippen molar-refractivity contribution in [2.45, 2.75) is 90.4 Å². The van der Waals surface area contributed by atoms with Crippen molar-refractivity contribution in [3.8, 4) is 0 Å². The van der Waals surface area contributed by atoms with Gasteiger partial charge in [-0.2, -0.15) is 0 Å². The lowest BCUT2D eigenvalue weighted by Gasteiger charge is -2.41. The fourth-order valence-corrected chi connectivity index (χ4v) is 5.95. The lowest BCUT2D eigenvalue weighted by atomic mass is 9.65. The number of hydrogen-bond acceptors (Lipinski definition) is 0. The van der Waals surface area contributed by atoms with Crippen LogP contribution in [-0.4, -0.2) is 6.67 Å². The topological polar surface area (TPSA) is 0 Å². The van der Waals surface area contributed by atoms with E-state index in [0.29, 0.717) is 5.92 Å². The van der Waals surface area contributed by atoms with Crippen LogP contribution in [0, 0.1) is 35.5 Å². The van der Waals surface area contributed by atoms with Gasteiger partial charge in [0, 0.05) is 0 Å². The summed E-state index contributed by atoms with van der Waals surface area (Å²) in [5.41, 5.74) is 0. The maximum atomic E-state index is 12.5. The Kier molecular flexibility index (Phi) is 6.22. The van der Waals surface area contributed by atoms with Crippen molar-refractivity contribution in [3.63, 3.8) is 0 Å². The van der Waals surface area contributed by atoms with Crippen LogP contribution in [0.4, 0.5) is 4.39 Å².